The molecule has 1 fully saturated rings. The van der Waals surface area contributed by atoms with Crippen molar-refractivity contribution in [1.82, 2.24) is 4.90 Å². The first kappa shape index (κ1) is 21.6. The molecule has 2 aromatic carbocycles. The van der Waals surface area contributed by atoms with Crippen molar-refractivity contribution in [3.63, 3.8) is 0 Å². The van der Waals surface area contributed by atoms with Crippen LogP contribution in [-0.4, -0.2) is 54.0 Å². The number of esters is 1. The minimum Gasteiger partial charge on any atom is -0.757 e. The van der Waals surface area contributed by atoms with Crippen LogP contribution < -0.4 is 9.80 Å². The Kier molecular flexibility index (Phi) is 6.88. The van der Waals surface area contributed by atoms with Crippen molar-refractivity contribution in [2.45, 2.75) is 13.2 Å². The smallest absolute Gasteiger partial charge is 0.338 e. The van der Waals surface area contributed by atoms with Crippen LogP contribution in [0.2, 0.25) is 0 Å². The number of rotatable bonds is 9. The van der Waals surface area contributed by atoms with Gasteiger partial charge in [-0.15, -0.1) is 0 Å². The van der Waals surface area contributed by atoms with Gasteiger partial charge in [0, 0.05) is 30.9 Å². The molecule has 30 heavy (non-hydrogen) atoms. The first-order valence-electron chi connectivity index (χ1n) is 9.35. The first-order valence-corrected chi connectivity index (χ1v) is 9.35. The number of likely N-dealkylation sites (tertiary alicyclic amines) is 1. The van der Waals surface area contributed by atoms with Crippen molar-refractivity contribution in [2.75, 3.05) is 32.0 Å². The number of anilines is 1. The Balaban J connectivity index is 1.66. The van der Waals surface area contributed by atoms with E-state index in [0.717, 1.165) is 5.56 Å². The number of carboxylic acid groups (broad SMARTS) is 1. The van der Waals surface area contributed by atoms with Gasteiger partial charge in [0.05, 0.1) is 18.6 Å². The predicted octanol–water partition coefficient (Wildman–Crippen LogP) is 1.82. The van der Waals surface area contributed by atoms with Crippen LogP contribution in [0.4, 0.5) is 5.69 Å². The highest BCUT2D eigenvalue weighted by atomic mass is 16.5. The molecule has 0 saturated carbocycles. The van der Waals surface area contributed by atoms with Gasteiger partial charge < -0.3 is 30.0 Å². The highest BCUT2D eigenvalue weighted by molar-refractivity contribution is 5.93. The minimum absolute atomic E-state index is 0.0644. The lowest BCUT2D eigenvalue weighted by Gasteiger charge is -2.36. The van der Waals surface area contributed by atoms with Crippen LogP contribution >= 0.6 is 0 Å². The van der Waals surface area contributed by atoms with Gasteiger partial charge in [-0.3, -0.25) is 9.69 Å². The summed E-state index contributed by atoms with van der Waals surface area (Å²) < 4.78 is 10.5. The SMILES string of the molecule is COC(=O)c1cccc(N([O-])CO)c1COc1ccc(CN2CC(C(=O)O)C2)cc1. The fourth-order valence-electron chi connectivity index (χ4n) is 3.30. The van der Waals surface area contributed by atoms with Crippen LogP contribution in [0.5, 0.6) is 5.75 Å². The number of nitrogens with zero attached hydrogens (tertiary/aromatic N) is 2. The van der Waals surface area contributed by atoms with Crippen molar-refractivity contribution in [1.29, 1.82) is 0 Å². The number of aliphatic carboxylic acids is 1. The molecule has 0 spiro atoms. The zero-order valence-electron chi connectivity index (χ0n) is 16.5. The van der Waals surface area contributed by atoms with Gasteiger partial charge in [-0.25, -0.2) is 4.79 Å². The summed E-state index contributed by atoms with van der Waals surface area (Å²) in [6, 6.07) is 11.9. The van der Waals surface area contributed by atoms with Gasteiger partial charge in [-0.05, 0) is 29.8 Å². The molecule has 0 radical (unpaired) electrons. The zero-order chi connectivity index (χ0) is 21.7. The monoisotopic (exact) mass is 415 g/mol. The van der Waals surface area contributed by atoms with E-state index < -0.39 is 18.7 Å². The molecular weight excluding hydrogens is 392 g/mol. The molecule has 2 aromatic rings. The fourth-order valence-corrected chi connectivity index (χ4v) is 3.30. The highest BCUT2D eigenvalue weighted by Crippen LogP contribution is 2.26. The number of benzene rings is 2. The quantitative estimate of drug-likeness (QED) is 0.359. The lowest BCUT2D eigenvalue weighted by Crippen LogP contribution is -2.49. The second kappa shape index (κ2) is 9.57. The number of hydrogen-bond acceptors (Lipinski definition) is 8. The summed E-state index contributed by atoms with van der Waals surface area (Å²) in [6.45, 7) is 0.909. The molecule has 0 aromatic heterocycles. The summed E-state index contributed by atoms with van der Waals surface area (Å²) in [4.78, 5) is 25.0. The van der Waals surface area contributed by atoms with Crippen molar-refractivity contribution in [3.05, 3.63) is 64.4 Å². The second-order valence-corrected chi connectivity index (χ2v) is 6.98. The molecule has 0 aliphatic carbocycles. The van der Waals surface area contributed by atoms with Crippen molar-refractivity contribution in [3.8, 4) is 5.75 Å². The van der Waals surface area contributed by atoms with Crippen LogP contribution in [0.15, 0.2) is 42.5 Å². The molecular formula is C21H23N2O7-. The summed E-state index contributed by atoms with van der Waals surface area (Å²) in [5.41, 5.74) is 1.65. The Morgan fingerprint density at radius 2 is 1.90 bits per heavy atom. The molecule has 1 heterocycles. The number of carbonyl (C=O) groups is 2. The maximum Gasteiger partial charge on any atom is 0.338 e. The average Bonchev–Trinajstić information content (AvgIpc) is 2.73. The Morgan fingerprint density at radius 3 is 2.50 bits per heavy atom. The predicted molar refractivity (Wildman–Crippen MR) is 108 cm³/mol. The van der Waals surface area contributed by atoms with Gasteiger partial charge in [0.2, 0.25) is 0 Å². The molecule has 1 saturated heterocycles. The van der Waals surface area contributed by atoms with Crippen LogP contribution in [0, 0.1) is 11.1 Å². The molecule has 0 amide bonds. The average molecular weight is 415 g/mol. The Morgan fingerprint density at radius 1 is 1.20 bits per heavy atom. The summed E-state index contributed by atoms with van der Waals surface area (Å²) in [7, 11) is 1.25. The maximum absolute atomic E-state index is 12.1. The third-order valence-electron chi connectivity index (χ3n) is 4.97. The summed E-state index contributed by atoms with van der Waals surface area (Å²) >= 11 is 0. The van der Waals surface area contributed by atoms with Crippen LogP contribution in [0.3, 0.4) is 0 Å². The maximum atomic E-state index is 12.1. The van der Waals surface area contributed by atoms with E-state index in [4.69, 9.17) is 14.6 Å². The fraction of sp³-hybridized carbons (Fsp3) is 0.333. The van der Waals surface area contributed by atoms with Gasteiger partial charge in [0.25, 0.3) is 0 Å². The Hall–Kier alpha value is -3.14. The minimum atomic E-state index is -0.764. The number of aliphatic hydroxyl groups excluding tert-OH is 1. The van der Waals surface area contributed by atoms with E-state index in [1.54, 1.807) is 12.1 Å². The van der Waals surface area contributed by atoms with Gasteiger partial charge in [-0.2, -0.15) is 0 Å². The molecule has 3 rings (SSSR count). The molecule has 1 aliphatic rings. The molecule has 2 N–H and O–H groups in total. The molecule has 160 valence electrons. The normalized spacial score (nSPS) is 14.1. The molecule has 0 unspecified atom stereocenters. The Bertz CT molecular complexity index is 895. The third kappa shape index (κ3) is 4.88. The molecule has 9 heteroatoms. The standard InChI is InChI=1S/C21H23N2O7/c1-29-21(27)17-3-2-4-19(23(28)13-24)18(17)12-30-16-7-5-14(6-8-16)9-22-10-15(11-22)20(25)26/h2-8,15,24H,9-13H2,1H3,(H,25,26)/q-1. The van der Waals surface area contributed by atoms with Crippen LogP contribution in [0.1, 0.15) is 21.5 Å². The lowest BCUT2D eigenvalue weighted by molar-refractivity contribution is -0.147. The van der Waals surface area contributed by atoms with E-state index >= 15 is 0 Å². The van der Waals surface area contributed by atoms with Gasteiger partial charge >= 0.3 is 11.9 Å². The largest absolute Gasteiger partial charge is 0.757 e. The third-order valence-corrected chi connectivity index (χ3v) is 4.97. The zero-order valence-corrected chi connectivity index (χ0v) is 16.5. The van der Waals surface area contributed by atoms with Crippen LogP contribution in [-0.2, 0) is 22.7 Å². The van der Waals surface area contributed by atoms with Gasteiger partial charge in [0.15, 0.2) is 0 Å². The van der Waals surface area contributed by atoms with E-state index in [2.05, 4.69) is 0 Å². The molecule has 9 nitrogen and oxygen atoms in total. The van der Waals surface area contributed by atoms with Crippen molar-refractivity contribution in [2.24, 2.45) is 5.92 Å². The van der Waals surface area contributed by atoms with Gasteiger partial charge in [0.1, 0.15) is 19.1 Å². The van der Waals surface area contributed by atoms with E-state index in [1.807, 2.05) is 17.0 Å². The summed E-state index contributed by atoms with van der Waals surface area (Å²) in [6.07, 6.45) is 0. The lowest BCUT2D eigenvalue weighted by atomic mass is 10.00. The Labute approximate surface area is 173 Å². The summed E-state index contributed by atoms with van der Waals surface area (Å²) in [5, 5.41) is 30.5. The first-order chi connectivity index (χ1) is 14.4. The van der Waals surface area contributed by atoms with E-state index in [-0.39, 0.29) is 23.8 Å². The van der Waals surface area contributed by atoms with Crippen LogP contribution in [0.25, 0.3) is 0 Å². The van der Waals surface area contributed by atoms with Gasteiger partial charge in [-0.1, -0.05) is 18.2 Å². The summed E-state index contributed by atoms with van der Waals surface area (Å²) in [5.74, 6) is -1.13. The molecule has 1 aliphatic heterocycles. The number of hydrogen-bond donors (Lipinski definition) is 2. The second-order valence-electron chi connectivity index (χ2n) is 6.98. The van der Waals surface area contributed by atoms with E-state index in [0.29, 0.717) is 36.0 Å². The number of carbonyl (C=O) groups excluding carboxylic acids is 1. The van der Waals surface area contributed by atoms with E-state index in [9.17, 15) is 19.9 Å². The number of carboxylic acids is 1. The molecule has 0 bridgehead atoms. The highest BCUT2D eigenvalue weighted by Gasteiger charge is 2.32. The number of ether oxygens (including phenoxy) is 2. The number of methoxy groups -OCH3 is 1. The van der Waals surface area contributed by atoms with E-state index in [1.165, 1.54) is 25.3 Å². The topological polar surface area (TPSA) is 123 Å². The molecule has 0 atom stereocenters. The van der Waals surface area contributed by atoms with Crippen molar-refractivity contribution >= 4 is 17.6 Å². The number of aliphatic hydroxyl groups is 1. The van der Waals surface area contributed by atoms with Crippen molar-refractivity contribution < 1.29 is 29.3 Å². The number of hydroxylamine groups is 1.